The molecular formula is C21H32N4O2. The molecule has 148 valence electrons. The van der Waals surface area contributed by atoms with Crippen LogP contribution in [0.2, 0.25) is 0 Å². The van der Waals surface area contributed by atoms with E-state index in [1.165, 1.54) is 4.68 Å². The van der Waals surface area contributed by atoms with E-state index in [4.69, 9.17) is 0 Å². The van der Waals surface area contributed by atoms with Gasteiger partial charge in [0.2, 0.25) is 0 Å². The lowest BCUT2D eigenvalue weighted by molar-refractivity contribution is 0.0923. The third-order valence-corrected chi connectivity index (χ3v) is 4.53. The van der Waals surface area contributed by atoms with Gasteiger partial charge >= 0.3 is 0 Å². The van der Waals surface area contributed by atoms with Crippen LogP contribution in [0.15, 0.2) is 29.1 Å². The summed E-state index contributed by atoms with van der Waals surface area (Å²) in [5.74, 6) is -0.234. The van der Waals surface area contributed by atoms with Gasteiger partial charge in [-0.1, -0.05) is 51.8 Å². The first-order valence-corrected chi connectivity index (χ1v) is 9.68. The van der Waals surface area contributed by atoms with Crippen molar-refractivity contribution in [1.82, 2.24) is 20.0 Å². The summed E-state index contributed by atoms with van der Waals surface area (Å²) in [6.07, 6.45) is 2.97. The monoisotopic (exact) mass is 372 g/mol. The van der Waals surface area contributed by atoms with Gasteiger partial charge in [-0.25, -0.2) is 4.68 Å². The van der Waals surface area contributed by atoms with E-state index in [9.17, 15) is 9.59 Å². The molecule has 27 heavy (non-hydrogen) atoms. The summed E-state index contributed by atoms with van der Waals surface area (Å²) in [6.45, 7) is 8.27. The SMILES string of the molecule is CCCCCn1nc(C(=O)NCC(C)(C)CN(C)C)c2ccccc2c1=O. The molecule has 0 atom stereocenters. The summed E-state index contributed by atoms with van der Waals surface area (Å²) in [4.78, 5) is 27.7. The maximum atomic E-state index is 12.9. The standard InChI is InChI=1S/C21H32N4O2/c1-6-7-10-13-25-20(27)17-12-9-8-11-16(17)18(23-25)19(26)22-14-21(2,3)15-24(4)5/h8-9,11-12H,6-7,10,13-15H2,1-5H3,(H,22,26). The number of benzene rings is 1. The van der Waals surface area contributed by atoms with E-state index in [-0.39, 0.29) is 16.9 Å². The summed E-state index contributed by atoms with van der Waals surface area (Å²) in [5.41, 5.74) is 0.124. The Morgan fingerprint density at radius 3 is 2.48 bits per heavy atom. The Balaban J connectivity index is 2.31. The minimum absolute atomic E-state index is 0.0649. The Morgan fingerprint density at radius 1 is 1.19 bits per heavy atom. The highest BCUT2D eigenvalue weighted by Crippen LogP contribution is 2.16. The zero-order chi connectivity index (χ0) is 20.0. The van der Waals surface area contributed by atoms with Crippen LogP contribution >= 0.6 is 0 Å². The number of rotatable bonds is 9. The number of aromatic nitrogens is 2. The van der Waals surface area contributed by atoms with E-state index >= 15 is 0 Å². The highest BCUT2D eigenvalue weighted by Gasteiger charge is 2.22. The molecule has 0 unspecified atom stereocenters. The van der Waals surface area contributed by atoms with Crippen LogP contribution in [0.3, 0.4) is 0 Å². The minimum atomic E-state index is -0.234. The van der Waals surface area contributed by atoms with E-state index in [1.807, 2.05) is 26.2 Å². The average molecular weight is 373 g/mol. The van der Waals surface area contributed by atoms with Crippen molar-refractivity contribution >= 4 is 16.7 Å². The van der Waals surface area contributed by atoms with Gasteiger partial charge in [0.25, 0.3) is 11.5 Å². The zero-order valence-corrected chi connectivity index (χ0v) is 17.2. The maximum Gasteiger partial charge on any atom is 0.274 e. The maximum absolute atomic E-state index is 12.9. The molecule has 0 aliphatic heterocycles. The third-order valence-electron chi connectivity index (χ3n) is 4.53. The summed E-state index contributed by atoms with van der Waals surface area (Å²) >= 11 is 0. The number of hydrogen-bond acceptors (Lipinski definition) is 4. The zero-order valence-electron chi connectivity index (χ0n) is 17.2. The van der Waals surface area contributed by atoms with Gasteiger partial charge in [-0.3, -0.25) is 9.59 Å². The summed E-state index contributed by atoms with van der Waals surface area (Å²) < 4.78 is 1.44. The van der Waals surface area contributed by atoms with Crippen LogP contribution in [0, 0.1) is 5.41 Å². The van der Waals surface area contributed by atoms with Crippen molar-refractivity contribution in [3.05, 3.63) is 40.3 Å². The number of carbonyl (C=O) groups excluding carboxylic acids is 1. The Morgan fingerprint density at radius 2 is 1.85 bits per heavy atom. The first-order chi connectivity index (χ1) is 12.7. The molecule has 1 aromatic heterocycles. The smallest absolute Gasteiger partial charge is 0.274 e. The van der Waals surface area contributed by atoms with Crippen LogP contribution in [0.1, 0.15) is 50.5 Å². The number of aryl methyl sites for hydroxylation is 1. The van der Waals surface area contributed by atoms with Crippen LogP contribution in [0.5, 0.6) is 0 Å². The number of unbranched alkanes of at least 4 members (excludes halogenated alkanes) is 2. The van der Waals surface area contributed by atoms with Crippen LogP contribution < -0.4 is 10.9 Å². The quantitative estimate of drug-likeness (QED) is 0.687. The van der Waals surface area contributed by atoms with Gasteiger partial charge in [-0.2, -0.15) is 5.10 Å². The number of fused-ring (bicyclic) bond motifs is 1. The predicted octanol–water partition coefficient (Wildman–Crippen LogP) is 2.90. The lowest BCUT2D eigenvalue weighted by Crippen LogP contribution is -2.40. The van der Waals surface area contributed by atoms with E-state index in [2.05, 4.69) is 36.1 Å². The first kappa shape index (κ1) is 21.1. The molecule has 0 aliphatic rings. The van der Waals surface area contributed by atoms with Gasteiger partial charge in [-0.05, 0) is 32.0 Å². The fourth-order valence-electron chi connectivity index (χ4n) is 3.38. The largest absolute Gasteiger partial charge is 0.350 e. The van der Waals surface area contributed by atoms with Gasteiger partial charge in [0.15, 0.2) is 5.69 Å². The van der Waals surface area contributed by atoms with Gasteiger partial charge in [0, 0.05) is 25.0 Å². The van der Waals surface area contributed by atoms with Gasteiger partial charge in [0.05, 0.1) is 5.39 Å². The normalized spacial score (nSPS) is 11.9. The number of nitrogens with one attached hydrogen (secondary N) is 1. The number of amides is 1. The molecule has 6 nitrogen and oxygen atoms in total. The molecule has 0 saturated carbocycles. The topological polar surface area (TPSA) is 67.2 Å². The van der Waals surface area contributed by atoms with E-state index < -0.39 is 0 Å². The first-order valence-electron chi connectivity index (χ1n) is 9.68. The molecule has 0 spiro atoms. The summed E-state index contributed by atoms with van der Waals surface area (Å²) in [5, 5.41) is 8.57. The molecule has 0 aliphatic carbocycles. The number of carbonyl (C=O) groups is 1. The van der Waals surface area contributed by atoms with E-state index in [0.717, 1.165) is 25.8 Å². The van der Waals surface area contributed by atoms with Crippen molar-refractivity contribution < 1.29 is 4.79 Å². The summed E-state index contributed by atoms with van der Waals surface area (Å²) in [7, 11) is 4.04. The fourth-order valence-corrected chi connectivity index (χ4v) is 3.38. The summed E-state index contributed by atoms with van der Waals surface area (Å²) in [6, 6.07) is 7.21. The van der Waals surface area contributed by atoms with Gasteiger partial charge in [-0.15, -0.1) is 0 Å². The average Bonchev–Trinajstić information content (AvgIpc) is 2.61. The molecule has 2 aromatic rings. The molecule has 0 fully saturated rings. The van der Waals surface area contributed by atoms with Crippen LogP contribution in [0.25, 0.3) is 10.8 Å². The molecule has 1 aromatic carbocycles. The minimum Gasteiger partial charge on any atom is -0.350 e. The molecule has 0 saturated heterocycles. The highest BCUT2D eigenvalue weighted by molar-refractivity contribution is 6.04. The fraction of sp³-hybridized carbons (Fsp3) is 0.571. The van der Waals surface area contributed by atoms with Gasteiger partial charge in [0.1, 0.15) is 0 Å². The van der Waals surface area contributed by atoms with Gasteiger partial charge < -0.3 is 10.2 Å². The third kappa shape index (κ3) is 5.63. The second-order valence-electron chi connectivity index (χ2n) is 8.21. The molecule has 1 amide bonds. The number of hydrogen-bond donors (Lipinski definition) is 1. The molecular weight excluding hydrogens is 340 g/mol. The van der Waals surface area contributed by atoms with E-state index in [0.29, 0.717) is 29.6 Å². The van der Waals surface area contributed by atoms with Crippen molar-refractivity contribution in [1.29, 1.82) is 0 Å². The van der Waals surface area contributed by atoms with Crippen molar-refractivity contribution in [2.24, 2.45) is 5.41 Å². The van der Waals surface area contributed by atoms with Crippen molar-refractivity contribution in [3.63, 3.8) is 0 Å². The molecule has 0 radical (unpaired) electrons. The molecule has 0 bridgehead atoms. The Hall–Kier alpha value is -2.21. The Bertz CT molecular complexity index is 840. The lowest BCUT2D eigenvalue weighted by Gasteiger charge is -2.28. The Labute approximate surface area is 161 Å². The highest BCUT2D eigenvalue weighted by atomic mass is 16.2. The molecule has 2 rings (SSSR count). The second-order valence-corrected chi connectivity index (χ2v) is 8.21. The van der Waals surface area contributed by atoms with Crippen molar-refractivity contribution in [2.75, 3.05) is 27.2 Å². The van der Waals surface area contributed by atoms with Crippen LogP contribution in [0.4, 0.5) is 0 Å². The van der Waals surface area contributed by atoms with Crippen LogP contribution in [-0.2, 0) is 6.54 Å². The van der Waals surface area contributed by atoms with Crippen LogP contribution in [-0.4, -0.2) is 47.8 Å². The second kappa shape index (κ2) is 9.13. The lowest BCUT2D eigenvalue weighted by atomic mass is 9.93. The molecule has 6 heteroatoms. The Kier molecular flexibility index (Phi) is 7.13. The molecule has 1 heterocycles. The van der Waals surface area contributed by atoms with Crippen molar-refractivity contribution in [3.8, 4) is 0 Å². The molecule has 1 N–H and O–H groups in total. The van der Waals surface area contributed by atoms with E-state index in [1.54, 1.807) is 12.1 Å². The predicted molar refractivity (Wildman–Crippen MR) is 110 cm³/mol. The van der Waals surface area contributed by atoms with Crippen molar-refractivity contribution in [2.45, 2.75) is 46.6 Å². The number of nitrogens with zero attached hydrogens (tertiary/aromatic N) is 3.